The zero-order valence-electron chi connectivity index (χ0n) is 16.0. The molecule has 1 fully saturated rings. The lowest BCUT2D eigenvalue weighted by molar-refractivity contribution is -0.125. The quantitative estimate of drug-likeness (QED) is 0.789. The van der Waals surface area contributed by atoms with E-state index in [0.29, 0.717) is 11.5 Å². The lowest BCUT2D eigenvalue weighted by Gasteiger charge is -2.28. The summed E-state index contributed by atoms with van der Waals surface area (Å²) in [6, 6.07) is 16.4. The van der Waals surface area contributed by atoms with Crippen LogP contribution in [0.25, 0.3) is 0 Å². The molecule has 1 aliphatic rings. The van der Waals surface area contributed by atoms with E-state index in [0.717, 1.165) is 25.2 Å². The molecule has 1 saturated heterocycles. The molecule has 0 aromatic heterocycles. The van der Waals surface area contributed by atoms with Crippen LogP contribution in [0.4, 0.5) is 0 Å². The number of carbonyl (C=O) groups excluding carboxylic acids is 1. The van der Waals surface area contributed by atoms with Crippen molar-refractivity contribution >= 4 is 5.78 Å². The Kier molecular flexibility index (Phi) is 5.33. The molecule has 4 nitrogen and oxygen atoms in total. The van der Waals surface area contributed by atoms with E-state index < -0.39 is 5.41 Å². The molecule has 0 aliphatic carbocycles. The number of rotatable bonds is 6. The molecule has 0 N–H and O–H groups in total. The highest BCUT2D eigenvalue weighted by atomic mass is 16.5. The molecule has 0 saturated carbocycles. The lowest BCUT2D eigenvalue weighted by Crippen LogP contribution is -2.33. The molecule has 0 spiro atoms. The summed E-state index contributed by atoms with van der Waals surface area (Å²) in [5.74, 6) is 1.77. The molecule has 138 valence electrons. The smallest absolute Gasteiger partial charge is 0.160 e. The Balaban J connectivity index is 1.90. The number of ketones is 1. The van der Waals surface area contributed by atoms with E-state index in [1.807, 2.05) is 18.2 Å². The molecule has 26 heavy (non-hydrogen) atoms. The molecule has 2 unspecified atom stereocenters. The number of hydrogen-bond donors (Lipinski definition) is 0. The van der Waals surface area contributed by atoms with Gasteiger partial charge < -0.3 is 9.47 Å². The SMILES string of the molecule is COc1ccc(C2CN(Cc3ccccc3)CC2(C)C(C)=O)cc1OC. The summed E-state index contributed by atoms with van der Waals surface area (Å²) < 4.78 is 10.8. The summed E-state index contributed by atoms with van der Waals surface area (Å²) in [5, 5.41) is 0. The van der Waals surface area contributed by atoms with Crippen molar-refractivity contribution in [1.82, 2.24) is 4.90 Å². The minimum absolute atomic E-state index is 0.128. The van der Waals surface area contributed by atoms with E-state index >= 15 is 0 Å². The Hall–Kier alpha value is -2.33. The Morgan fingerprint density at radius 1 is 1.12 bits per heavy atom. The van der Waals surface area contributed by atoms with Crippen molar-refractivity contribution in [1.29, 1.82) is 0 Å². The van der Waals surface area contributed by atoms with E-state index in [2.05, 4.69) is 42.2 Å². The van der Waals surface area contributed by atoms with Crippen molar-refractivity contribution in [2.45, 2.75) is 26.3 Å². The largest absolute Gasteiger partial charge is 0.493 e. The van der Waals surface area contributed by atoms with E-state index in [4.69, 9.17) is 9.47 Å². The number of hydrogen-bond acceptors (Lipinski definition) is 4. The molecule has 1 heterocycles. The van der Waals surface area contributed by atoms with E-state index in [1.165, 1.54) is 5.56 Å². The van der Waals surface area contributed by atoms with Crippen molar-refractivity contribution < 1.29 is 14.3 Å². The van der Waals surface area contributed by atoms with Gasteiger partial charge in [-0.25, -0.2) is 0 Å². The fraction of sp³-hybridized carbons (Fsp3) is 0.409. The van der Waals surface area contributed by atoms with Crippen LogP contribution in [-0.2, 0) is 11.3 Å². The van der Waals surface area contributed by atoms with Crippen LogP contribution in [-0.4, -0.2) is 38.0 Å². The standard InChI is InChI=1S/C22H27NO3/c1-16(24)22(2)15-23(13-17-8-6-5-7-9-17)14-19(22)18-10-11-20(25-3)21(12-18)26-4/h5-12,19H,13-15H2,1-4H3. The number of likely N-dealkylation sites (tertiary alicyclic amines) is 1. The molecule has 2 aromatic carbocycles. The van der Waals surface area contributed by atoms with Gasteiger partial charge in [0, 0.05) is 31.0 Å². The van der Waals surface area contributed by atoms with Gasteiger partial charge in [0.1, 0.15) is 5.78 Å². The average Bonchev–Trinajstić information content (AvgIpc) is 2.99. The van der Waals surface area contributed by atoms with Gasteiger partial charge in [-0.1, -0.05) is 43.3 Å². The molecule has 0 amide bonds. The maximum atomic E-state index is 12.5. The molecule has 3 rings (SSSR count). The van der Waals surface area contributed by atoms with Crippen molar-refractivity contribution in [2.24, 2.45) is 5.41 Å². The zero-order chi connectivity index (χ0) is 18.7. The van der Waals surface area contributed by atoms with Crippen molar-refractivity contribution in [3.05, 3.63) is 59.7 Å². The summed E-state index contributed by atoms with van der Waals surface area (Å²) in [4.78, 5) is 14.9. The van der Waals surface area contributed by atoms with E-state index in [-0.39, 0.29) is 11.7 Å². The van der Waals surface area contributed by atoms with Gasteiger partial charge in [0.15, 0.2) is 11.5 Å². The van der Waals surface area contributed by atoms with Gasteiger partial charge >= 0.3 is 0 Å². The number of nitrogens with zero attached hydrogens (tertiary/aromatic N) is 1. The fourth-order valence-corrected chi connectivity index (χ4v) is 3.96. The van der Waals surface area contributed by atoms with Crippen LogP contribution >= 0.6 is 0 Å². The maximum absolute atomic E-state index is 12.5. The van der Waals surface area contributed by atoms with Crippen LogP contribution in [0.2, 0.25) is 0 Å². The first-order chi connectivity index (χ1) is 12.5. The first-order valence-electron chi connectivity index (χ1n) is 8.97. The number of ether oxygens (including phenoxy) is 2. The highest BCUT2D eigenvalue weighted by Gasteiger charge is 2.47. The molecule has 2 aromatic rings. The first kappa shape index (κ1) is 18.5. The number of benzene rings is 2. The van der Waals surface area contributed by atoms with Gasteiger partial charge in [-0.2, -0.15) is 0 Å². The summed E-state index contributed by atoms with van der Waals surface area (Å²) in [5.41, 5.74) is 1.98. The van der Waals surface area contributed by atoms with Crippen molar-refractivity contribution in [3.63, 3.8) is 0 Å². The highest BCUT2D eigenvalue weighted by Crippen LogP contribution is 2.45. The van der Waals surface area contributed by atoms with Crippen molar-refractivity contribution in [2.75, 3.05) is 27.3 Å². The van der Waals surface area contributed by atoms with Crippen LogP contribution in [0.3, 0.4) is 0 Å². The van der Waals surface area contributed by atoms with Crippen LogP contribution in [0.1, 0.15) is 30.9 Å². The summed E-state index contributed by atoms with van der Waals surface area (Å²) in [7, 11) is 3.27. The zero-order valence-corrected chi connectivity index (χ0v) is 16.0. The molecular formula is C22H27NO3. The third-order valence-electron chi connectivity index (χ3n) is 5.63. The van der Waals surface area contributed by atoms with Gasteiger partial charge in [0.25, 0.3) is 0 Å². The van der Waals surface area contributed by atoms with Crippen molar-refractivity contribution in [3.8, 4) is 11.5 Å². The maximum Gasteiger partial charge on any atom is 0.160 e. The van der Waals surface area contributed by atoms with Gasteiger partial charge in [0.2, 0.25) is 0 Å². The summed E-state index contributed by atoms with van der Waals surface area (Å²) in [6.45, 7) is 6.26. The molecule has 0 bridgehead atoms. The normalized spacial score (nSPS) is 23.0. The third-order valence-corrected chi connectivity index (χ3v) is 5.63. The predicted octanol–water partition coefficient (Wildman–Crippen LogP) is 3.90. The second kappa shape index (κ2) is 7.50. The molecule has 0 radical (unpaired) electrons. The lowest BCUT2D eigenvalue weighted by atomic mass is 9.73. The van der Waals surface area contributed by atoms with E-state index in [9.17, 15) is 4.79 Å². The predicted molar refractivity (Wildman–Crippen MR) is 103 cm³/mol. The minimum atomic E-state index is -0.408. The third kappa shape index (κ3) is 3.47. The molecule has 1 aliphatic heterocycles. The van der Waals surface area contributed by atoms with Crippen LogP contribution in [0.15, 0.2) is 48.5 Å². The number of Topliss-reactive ketones (excluding diaryl/α,β-unsaturated/α-hetero) is 1. The Labute approximate surface area is 155 Å². The first-order valence-corrected chi connectivity index (χ1v) is 8.97. The number of carbonyl (C=O) groups is 1. The van der Waals surface area contributed by atoms with E-state index in [1.54, 1.807) is 21.1 Å². The summed E-state index contributed by atoms with van der Waals surface area (Å²) >= 11 is 0. The van der Waals surface area contributed by atoms with Crippen LogP contribution in [0, 0.1) is 5.41 Å². The Bertz CT molecular complexity index is 774. The van der Waals surface area contributed by atoms with Gasteiger partial charge in [-0.05, 0) is 30.2 Å². The number of methoxy groups -OCH3 is 2. The topological polar surface area (TPSA) is 38.8 Å². The van der Waals surface area contributed by atoms with Gasteiger partial charge in [-0.3, -0.25) is 9.69 Å². The average molecular weight is 353 g/mol. The Morgan fingerprint density at radius 2 is 1.81 bits per heavy atom. The molecular weight excluding hydrogens is 326 g/mol. The highest BCUT2D eigenvalue weighted by molar-refractivity contribution is 5.84. The van der Waals surface area contributed by atoms with Crippen LogP contribution < -0.4 is 9.47 Å². The second-order valence-corrected chi connectivity index (χ2v) is 7.30. The second-order valence-electron chi connectivity index (χ2n) is 7.30. The van der Waals surface area contributed by atoms with Gasteiger partial charge in [0.05, 0.1) is 14.2 Å². The minimum Gasteiger partial charge on any atom is -0.493 e. The summed E-state index contributed by atoms with van der Waals surface area (Å²) in [6.07, 6.45) is 0. The Morgan fingerprint density at radius 3 is 2.42 bits per heavy atom. The fourth-order valence-electron chi connectivity index (χ4n) is 3.96. The monoisotopic (exact) mass is 353 g/mol. The molecule has 4 heteroatoms. The molecule has 2 atom stereocenters. The van der Waals surface area contributed by atoms with Crippen LogP contribution in [0.5, 0.6) is 11.5 Å². The van der Waals surface area contributed by atoms with Gasteiger partial charge in [-0.15, -0.1) is 0 Å².